The van der Waals surface area contributed by atoms with Crippen molar-refractivity contribution in [2.75, 3.05) is 6.61 Å². The highest BCUT2D eigenvalue weighted by Gasteiger charge is 2.09. The fourth-order valence-corrected chi connectivity index (χ4v) is 1.78. The van der Waals surface area contributed by atoms with E-state index in [0.29, 0.717) is 17.1 Å². The molecule has 0 aliphatic carbocycles. The van der Waals surface area contributed by atoms with Crippen molar-refractivity contribution in [3.63, 3.8) is 0 Å². The Morgan fingerprint density at radius 2 is 2.38 bits per heavy atom. The summed E-state index contributed by atoms with van der Waals surface area (Å²) in [6.07, 6.45) is 0. The Morgan fingerprint density at radius 1 is 1.62 bits per heavy atom. The van der Waals surface area contributed by atoms with Crippen LogP contribution in [0.3, 0.4) is 0 Å². The van der Waals surface area contributed by atoms with Gasteiger partial charge in [0, 0.05) is 4.90 Å². The van der Waals surface area contributed by atoms with E-state index in [4.69, 9.17) is 10.00 Å². The molecule has 1 aromatic rings. The van der Waals surface area contributed by atoms with Crippen molar-refractivity contribution >= 4 is 17.7 Å². The van der Waals surface area contributed by atoms with Crippen molar-refractivity contribution in [3.8, 4) is 6.07 Å². The molecule has 16 heavy (non-hydrogen) atoms. The van der Waals surface area contributed by atoms with E-state index in [2.05, 4.69) is 6.58 Å². The average molecular weight is 233 g/mol. The predicted molar refractivity (Wildman–Crippen MR) is 62.8 cm³/mol. The maximum atomic E-state index is 11.3. The summed E-state index contributed by atoms with van der Waals surface area (Å²) in [5, 5.41) is 8.72. The Kier molecular flexibility index (Phi) is 4.62. The first-order valence-electron chi connectivity index (χ1n) is 4.71. The van der Waals surface area contributed by atoms with Gasteiger partial charge in [-0.25, -0.2) is 4.79 Å². The monoisotopic (exact) mass is 233 g/mol. The zero-order valence-electron chi connectivity index (χ0n) is 8.90. The van der Waals surface area contributed by atoms with Gasteiger partial charge in [0.1, 0.15) is 0 Å². The van der Waals surface area contributed by atoms with Crippen molar-refractivity contribution in [1.82, 2.24) is 0 Å². The van der Waals surface area contributed by atoms with E-state index in [1.165, 1.54) is 11.8 Å². The minimum Gasteiger partial charge on any atom is -0.462 e. The molecule has 4 heteroatoms. The van der Waals surface area contributed by atoms with Gasteiger partial charge in [0.25, 0.3) is 0 Å². The van der Waals surface area contributed by atoms with Crippen molar-refractivity contribution in [2.24, 2.45) is 0 Å². The summed E-state index contributed by atoms with van der Waals surface area (Å²) < 4.78 is 4.81. The third-order valence-corrected chi connectivity index (χ3v) is 2.61. The minimum absolute atomic E-state index is 0.317. The van der Waals surface area contributed by atoms with Gasteiger partial charge in [0.05, 0.1) is 23.1 Å². The van der Waals surface area contributed by atoms with Crippen molar-refractivity contribution in [3.05, 3.63) is 41.3 Å². The summed E-state index contributed by atoms with van der Waals surface area (Å²) in [5.41, 5.74) is 0.557. The standard InChI is InChI=1S/C12H11NO2S/c1-3-15-12(14)9(2)16-11-6-4-5-10(7-11)8-13/h4-7H,2-3H2,1H3. The summed E-state index contributed by atoms with van der Waals surface area (Å²) in [5.74, 6) is -0.421. The molecule has 0 aliphatic rings. The Labute approximate surface area is 98.7 Å². The maximum absolute atomic E-state index is 11.3. The lowest BCUT2D eigenvalue weighted by Crippen LogP contribution is -2.03. The summed E-state index contributed by atoms with van der Waals surface area (Å²) >= 11 is 1.20. The molecule has 0 bridgehead atoms. The lowest BCUT2D eigenvalue weighted by atomic mass is 10.2. The van der Waals surface area contributed by atoms with Crippen LogP contribution in [0.4, 0.5) is 0 Å². The Balaban J connectivity index is 2.70. The number of nitrogens with zero attached hydrogens (tertiary/aromatic N) is 1. The van der Waals surface area contributed by atoms with Crippen LogP contribution < -0.4 is 0 Å². The summed E-state index contributed by atoms with van der Waals surface area (Å²) in [7, 11) is 0. The number of carbonyl (C=O) groups is 1. The number of hydrogen-bond donors (Lipinski definition) is 0. The number of nitriles is 1. The number of thioether (sulfide) groups is 1. The first-order valence-corrected chi connectivity index (χ1v) is 5.53. The molecule has 0 spiro atoms. The molecular formula is C12H11NO2S. The molecule has 0 heterocycles. The van der Waals surface area contributed by atoms with Gasteiger partial charge >= 0.3 is 5.97 Å². The van der Waals surface area contributed by atoms with E-state index in [-0.39, 0.29) is 0 Å². The fraction of sp³-hybridized carbons (Fsp3) is 0.167. The second kappa shape index (κ2) is 5.99. The number of benzene rings is 1. The highest BCUT2D eigenvalue weighted by atomic mass is 32.2. The molecule has 0 fully saturated rings. The van der Waals surface area contributed by atoms with Gasteiger partial charge in [-0.05, 0) is 25.1 Å². The van der Waals surface area contributed by atoms with Gasteiger partial charge < -0.3 is 4.74 Å². The Morgan fingerprint density at radius 3 is 3.00 bits per heavy atom. The Bertz CT molecular complexity index is 449. The van der Waals surface area contributed by atoms with E-state index in [1.54, 1.807) is 25.1 Å². The van der Waals surface area contributed by atoms with Crippen molar-refractivity contribution in [2.45, 2.75) is 11.8 Å². The van der Waals surface area contributed by atoms with Gasteiger partial charge in [-0.1, -0.05) is 24.4 Å². The lowest BCUT2D eigenvalue weighted by Gasteiger charge is -2.04. The SMILES string of the molecule is C=C(Sc1cccc(C#N)c1)C(=O)OCC. The molecule has 0 N–H and O–H groups in total. The number of rotatable bonds is 4. The van der Waals surface area contributed by atoms with Gasteiger partial charge in [0.15, 0.2) is 0 Å². The molecule has 0 radical (unpaired) electrons. The van der Waals surface area contributed by atoms with Crippen LogP contribution in [0.5, 0.6) is 0 Å². The van der Waals surface area contributed by atoms with Gasteiger partial charge in [0.2, 0.25) is 0 Å². The summed E-state index contributed by atoms with van der Waals surface area (Å²) in [4.78, 5) is 12.4. The number of ether oxygens (including phenoxy) is 1. The Hall–Kier alpha value is -1.73. The lowest BCUT2D eigenvalue weighted by molar-refractivity contribution is -0.137. The van der Waals surface area contributed by atoms with Crippen molar-refractivity contribution < 1.29 is 9.53 Å². The van der Waals surface area contributed by atoms with E-state index >= 15 is 0 Å². The normalized spacial score (nSPS) is 9.25. The zero-order chi connectivity index (χ0) is 12.0. The third kappa shape index (κ3) is 3.44. The average Bonchev–Trinajstić information content (AvgIpc) is 2.29. The molecule has 0 unspecified atom stereocenters. The first-order chi connectivity index (χ1) is 7.67. The summed E-state index contributed by atoms with van der Waals surface area (Å²) in [6, 6.07) is 9.02. The molecule has 0 saturated heterocycles. The second-order valence-corrected chi connectivity index (χ2v) is 4.05. The highest BCUT2D eigenvalue weighted by molar-refractivity contribution is 8.04. The molecule has 0 amide bonds. The molecule has 82 valence electrons. The van der Waals surface area contributed by atoms with Gasteiger partial charge in [-0.3, -0.25) is 0 Å². The van der Waals surface area contributed by atoms with Gasteiger partial charge in [-0.15, -0.1) is 0 Å². The molecular weight excluding hydrogens is 222 g/mol. The molecule has 0 aliphatic heterocycles. The zero-order valence-corrected chi connectivity index (χ0v) is 9.71. The molecule has 1 aromatic carbocycles. The third-order valence-electron chi connectivity index (χ3n) is 1.71. The van der Waals surface area contributed by atoms with Crippen LogP contribution in [-0.2, 0) is 9.53 Å². The van der Waals surface area contributed by atoms with E-state index in [9.17, 15) is 4.79 Å². The van der Waals surface area contributed by atoms with Crippen LogP contribution in [0.15, 0.2) is 40.6 Å². The van der Waals surface area contributed by atoms with Crippen LogP contribution in [-0.4, -0.2) is 12.6 Å². The minimum atomic E-state index is -0.421. The van der Waals surface area contributed by atoms with Crippen molar-refractivity contribution in [1.29, 1.82) is 5.26 Å². The van der Waals surface area contributed by atoms with Gasteiger partial charge in [-0.2, -0.15) is 5.26 Å². The molecule has 0 saturated carbocycles. The second-order valence-electron chi connectivity index (χ2n) is 2.89. The molecule has 3 nitrogen and oxygen atoms in total. The quantitative estimate of drug-likeness (QED) is 0.456. The number of carbonyl (C=O) groups excluding carboxylic acids is 1. The fourth-order valence-electron chi connectivity index (χ4n) is 1.02. The molecule has 0 atom stereocenters. The van der Waals surface area contributed by atoms with E-state index < -0.39 is 5.97 Å². The highest BCUT2D eigenvalue weighted by Crippen LogP contribution is 2.26. The van der Waals surface area contributed by atoms with E-state index in [0.717, 1.165) is 4.90 Å². The maximum Gasteiger partial charge on any atom is 0.344 e. The summed E-state index contributed by atoms with van der Waals surface area (Å²) in [6.45, 7) is 5.70. The largest absolute Gasteiger partial charge is 0.462 e. The smallest absolute Gasteiger partial charge is 0.344 e. The van der Waals surface area contributed by atoms with E-state index in [1.807, 2.05) is 12.1 Å². The first kappa shape index (κ1) is 12.3. The number of hydrogen-bond acceptors (Lipinski definition) is 4. The molecule has 1 rings (SSSR count). The predicted octanol–water partition coefficient (Wildman–Crippen LogP) is 2.73. The molecule has 0 aromatic heterocycles. The van der Waals surface area contributed by atoms with Crippen LogP contribution >= 0.6 is 11.8 Å². The van der Waals surface area contributed by atoms with Crippen LogP contribution in [0.1, 0.15) is 12.5 Å². The van der Waals surface area contributed by atoms with Crippen LogP contribution in [0, 0.1) is 11.3 Å². The van der Waals surface area contributed by atoms with Crippen LogP contribution in [0.2, 0.25) is 0 Å². The topological polar surface area (TPSA) is 50.1 Å². The van der Waals surface area contributed by atoms with Crippen LogP contribution in [0.25, 0.3) is 0 Å². The number of esters is 1.